The standard InChI is InChI=1S/C15H27N3S/c1-4-7-16-14-5-8-18(12(2)10-14)9-6-15-11-19-13(3)17-15/h11-12,14,16H,4-10H2,1-3H3. The Kier molecular flexibility index (Phi) is 5.79. The van der Waals surface area contributed by atoms with E-state index < -0.39 is 0 Å². The number of hydrogen-bond acceptors (Lipinski definition) is 4. The number of piperidine rings is 1. The number of nitrogens with zero attached hydrogens (tertiary/aromatic N) is 2. The normalized spacial score (nSPS) is 24.8. The second kappa shape index (κ2) is 7.36. The lowest BCUT2D eigenvalue weighted by molar-refractivity contribution is 0.137. The molecule has 2 unspecified atom stereocenters. The maximum atomic E-state index is 4.56. The summed E-state index contributed by atoms with van der Waals surface area (Å²) in [6.45, 7) is 10.2. The SMILES string of the molecule is CCCNC1CCN(CCc2csc(C)n2)C(C)C1. The molecule has 1 aliphatic heterocycles. The Morgan fingerprint density at radius 2 is 2.37 bits per heavy atom. The van der Waals surface area contributed by atoms with Crippen LogP contribution >= 0.6 is 11.3 Å². The van der Waals surface area contributed by atoms with Gasteiger partial charge in [0.2, 0.25) is 0 Å². The third kappa shape index (κ3) is 4.55. The predicted molar refractivity (Wildman–Crippen MR) is 82.9 cm³/mol. The van der Waals surface area contributed by atoms with Crippen LogP contribution in [0, 0.1) is 6.92 Å². The van der Waals surface area contributed by atoms with Crippen molar-refractivity contribution in [1.82, 2.24) is 15.2 Å². The van der Waals surface area contributed by atoms with E-state index >= 15 is 0 Å². The molecule has 108 valence electrons. The number of nitrogens with one attached hydrogen (secondary N) is 1. The molecule has 1 aromatic heterocycles. The van der Waals surface area contributed by atoms with E-state index in [4.69, 9.17) is 0 Å². The summed E-state index contributed by atoms with van der Waals surface area (Å²) >= 11 is 1.76. The molecule has 4 heteroatoms. The maximum Gasteiger partial charge on any atom is 0.0897 e. The first-order valence-electron chi connectivity index (χ1n) is 7.57. The Bertz CT molecular complexity index is 377. The molecule has 0 saturated carbocycles. The summed E-state index contributed by atoms with van der Waals surface area (Å²) in [6.07, 6.45) is 4.91. The van der Waals surface area contributed by atoms with Gasteiger partial charge in [0.15, 0.2) is 0 Å². The van der Waals surface area contributed by atoms with Crippen molar-refractivity contribution < 1.29 is 0 Å². The molecule has 0 amide bonds. The van der Waals surface area contributed by atoms with Crippen LogP contribution in [0.4, 0.5) is 0 Å². The number of likely N-dealkylation sites (tertiary alicyclic amines) is 1. The van der Waals surface area contributed by atoms with Crippen LogP contribution in [-0.4, -0.2) is 41.6 Å². The third-order valence-corrected chi connectivity index (χ3v) is 4.84. The molecule has 1 N–H and O–H groups in total. The summed E-state index contributed by atoms with van der Waals surface area (Å²) in [6, 6.07) is 1.43. The zero-order valence-electron chi connectivity index (χ0n) is 12.5. The fourth-order valence-corrected chi connectivity index (χ4v) is 3.52. The van der Waals surface area contributed by atoms with Gasteiger partial charge in [0, 0.05) is 30.4 Å². The van der Waals surface area contributed by atoms with Crippen LogP contribution in [0.3, 0.4) is 0 Å². The molecule has 1 aromatic rings. The molecule has 0 spiro atoms. The average molecular weight is 281 g/mol. The van der Waals surface area contributed by atoms with Gasteiger partial charge in [-0.3, -0.25) is 0 Å². The van der Waals surface area contributed by atoms with Gasteiger partial charge in [0.1, 0.15) is 0 Å². The topological polar surface area (TPSA) is 28.2 Å². The summed E-state index contributed by atoms with van der Waals surface area (Å²) in [4.78, 5) is 7.18. The van der Waals surface area contributed by atoms with E-state index in [-0.39, 0.29) is 0 Å². The summed E-state index contributed by atoms with van der Waals surface area (Å²) in [7, 11) is 0. The zero-order valence-corrected chi connectivity index (χ0v) is 13.3. The Morgan fingerprint density at radius 1 is 1.53 bits per heavy atom. The van der Waals surface area contributed by atoms with Crippen molar-refractivity contribution in [2.45, 2.75) is 58.5 Å². The number of aromatic nitrogens is 1. The van der Waals surface area contributed by atoms with Crippen LogP contribution in [-0.2, 0) is 6.42 Å². The van der Waals surface area contributed by atoms with Gasteiger partial charge in [-0.15, -0.1) is 11.3 Å². The highest BCUT2D eigenvalue weighted by Crippen LogP contribution is 2.18. The second-order valence-corrected chi connectivity index (χ2v) is 6.73. The molecule has 2 heterocycles. The fourth-order valence-electron chi connectivity index (χ4n) is 2.87. The molecule has 19 heavy (non-hydrogen) atoms. The van der Waals surface area contributed by atoms with E-state index in [2.05, 4.69) is 41.4 Å². The Morgan fingerprint density at radius 3 is 3.00 bits per heavy atom. The van der Waals surface area contributed by atoms with Gasteiger partial charge in [-0.25, -0.2) is 4.98 Å². The van der Waals surface area contributed by atoms with Crippen molar-refractivity contribution in [3.05, 3.63) is 16.1 Å². The third-order valence-electron chi connectivity index (χ3n) is 4.02. The van der Waals surface area contributed by atoms with Crippen LogP contribution in [0.2, 0.25) is 0 Å². The first-order valence-corrected chi connectivity index (χ1v) is 8.45. The molecule has 3 nitrogen and oxygen atoms in total. The van der Waals surface area contributed by atoms with Gasteiger partial charge in [-0.1, -0.05) is 6.92 Å². The van der Waals surface area contributed by atoms with E-state index in [1.54, 1.807) is 11.3 Å². The predicted octanol–water partition coefficient (Wildman–Crippen LogP) is 2.85. The van der Waals surface area contributed by atoms with Crippen molar-refractivity contribution in [3.63, 3.8) is 0 Å². The van der Waals surface area contributed by atoms with Crippen LogP contribution in [0.15, 0.2) is 5.38 Å². The minimum atomic E-state index is 0.697. The highest BCUT2D eigenvalue weighted by molar-refractivity contribution is 7.09. The van der Waals surface area contributed by atoms with Crippen molar-refractivity contribution >= 4 is 11.3 Å². The fraction of sp³-hybridized carbons (Fsp3) is 0.800. The van der Waals surface area contributed by atoms with Gasteiger partial charge < -0.3 is 10.2 Å². The first-order chi connectivity index (χ1) is 9.19. The molecule has 0 aliphatic carbocycles. The van der Waals surface area contributed by atoms with E-state index in [1.165, 1.54) is 36.5 Å². The van der Waals surface area contributed by atoms with Crippen LogP contribution in [0.25, 0.3) is 0 Å². The van der Waals surface area contributed by atoms with E-state index in [9.17, 15) is 0 Å². The molecule has 1 fully saturated rings. The van der Waals surface area contributed by atoms with Gasteiger partial charge in [0.05, 0.1) is 10.7 Å². The van der Waals surface area contributed by atoms with E-state index in [1.807, 2.05) is 0 Å². The maximum absolute atomic E-state index is 4.56. The molecular formula is C15H27N3S. The molecule has 1 aliphatic rings. The molecule has 2 rings (SSSR count). The molecule has 0 bridgehead atoms. The Balaban J connectivity index is 1.73. The zero-order chi connectivity index (χ0) is 13.7. The van der Waals surface area contributed by atoms with Crippen molar-refractivity contribution in [1.29, 1.82) is 0 Å². The van der Waals surface area contributed by atoms with Gasteiger partial charge in [-0.2, -0.15) is 0 Å². The highest BCUT2D eigenvalue weighted by Gasteiger charge is 2.24. The minimum absolute atomic E-state index is 0.697. The number of hydrogen-bond donors (Lipinski definition) is 1. The molecule has 0 radical (unpaired) electrons. The Labute approximate surface area is 121 Å². The largest absolute Gasteiger partial charge is 0.314 e. The van der Waals surface area contributed by atoms with Gasteiger partial charge in [0.25, 0.3) is 0 Å². The molecule has 1 saturated heterocycles. The highest BCUT2D eigenvalue weighted by atomic mass is 32.1. The van der Waals surface area contributed by atoms with Gasteiger partial charge in [-0.05, 0) is 46.2 Å². The second-order valence-electron chi connectivity index (χ2n) is 5.67. The molecular weight excluding hydrogens is 254 g/mol. The summed E-state index contributed by atoms with van der Waals surface area (Å²) in [5.74, 6) is 0. The monoisotopic (exact) mass is 281 g/mol. The van der Waals surface area contributed by atoms with Crippen LogP contribution < -0.4 is 5.32 Å². The van der Waals surface area contributed by atoms with Crippen LogP contribution in [0.5, 0.6) is 0 Å². The molecule has 2 atom stereocenters. The van der Waals surface area contributed by atoms with Crippen molar-refractivity contribution in [2.24, 2.45) is 0 Å². The average Bonchev–Trinajstić information content (AvgIpc) is 2.81. The lowest BCUT2D eigenvalue weighted by Crippen LogP contribution is -2.48. The van der Waals surface area contributed by atoms with E-state index in [0.29, 0.717) is 6.04 Å². The van der Waals surface area contributed by atoms with E-state index in [0.717, 1.165) is 25.6 Å². The lowest BCUT2D eigenvalue weighted by atomic mass is 9.98. The lowest BCUT2D eigenvalue weighted by Gasteiger charge is -2.38. The number of aryl methyl sites for hydroxylation is 1. The summed E-state index contributed by atoms with van der Waals surface area (Å²) < 4.78 is 0. The first kappa shape index (κ1) is 14.9. The molecule has 0 aromatic carbocycles. The summed E-state index contributed by atoms with van der Waals surface area (Å²) in [5, 5.41) is 7.05. The minimum Gasteiger partial charge on any atom is -0.314 e. The van der Waals surface area contributed by atoms with Crippen molar-refractivity contribution in [2.75, 3.05) is 19.6 Å². The number of rotatable bonds is 6. The quantitative estimate of drug-likeness (QED) is 0.869. The van der Waals surface area contributed by atoms with Crippen molar-refractivity contribution in [3.8, 4) is 0 Å². The number of thiazole rings is 1. The smallest absolute Gasteiger partial charge is 0.0897 e. The Hall–Kier alpha value is -0.450. The van der Waals surface area contributed by atoms with Gasteiger partial charge >= 0.3 is 0 Å². The summed E-state index contributed by atoms with van der Waals surface area (Å²) in [5.41, 5.74) is 1.26. The van der Waals surface area contributed by atoms with Crippen LogP contribution in [0.1, 0.15) is 43.8 Å².